The van der Waals surface area contributed by atoms with Crippen molar-refractivity contribution in [3.8, 4) is 0 Å². The first kappa shape index (κ1) is 14.6. The van der Waals surface area contributed by atoms with E-state index < -0.39 is 7.12 Å². The number of hydrogen-bond donors (Lipinski definition) is 0. The van der Waals surface area contributed by atoms with E-state index in [4.69, 9.17) is 20.9 Å². The maximum Gasteiger partial charge on any atom is 0.498 e. The summed E-state index contributed by atoms with van der Waals surface area (Å²) in [6.45, 7) is 8.13. The summed E-state index contributed by atoms with van der Waals surface area (Å²) in [5, 5.41) is 0.462. The number of halogens is 1. The van der Waals surface area contributed by atoms with Gasteiger partial charge in [0.05, 0.1) is 11.2 Å². The Kier molecular flexibility index (Phi) is 3.58. The molecule has 2 heterocycles. The van der Waals surface area contributed by atoms with Crippen LogP contribution >= 0.6 is 11.6 Å². The number of hydrogen-bond acceptors (Lipinski definition) is 4. The van der Waals surface area contributed by atoms with Gasteiger partial charge >= 0.3 is 7.12 Å². The summed E-state index contributed by atoms with van der Waals surface area (Å²) < 4.78 is 12.1. The van der Waals surface area contributed by atoms with E-state index in [0.717, 1.165) is 11.3 Å². The molecule has 1 aromatic rings. The summed E-state index contributed by atoms with van der Waals surface area (Å²) in [5.41, 5.74) is 0.176. The van der Waals surface area contributed by atoms with Gasteiger partial charge in [-0.15, -0.1) is 0 Å². The third kappa shape index (κ3) is 2.60. The van der Waals surface area contributed by atoms with Crippen LogP contribution in [0.25, 0.3) is 0 Å². The highest BCUT2D eigenvalue weighted by molar-refractivity contribution is 6.63. The molecule has 0 bridgehead atoms. The molecule has 1 aliphatic rings. The number of aromatic nitrogens is 1. The van der Waals surface area contributed by atoms with Gasteiger partial charge in [0, 0.05) is 19.6 Å². The first-order valence-corrected chi connectivity index (χ1v) is 6.71. The molecule has 0 radical (unpaired) electrons. The van der Waals surface area contributed by atoms with Crippen LogP contribution in [0.1, 0.15) is 27.7 Å². The van der Waals surface area contributed by atoms with E-state index in [1.807, 2.05) is 52.8 Å². The zero-order valence-electron chi connectivity index (χ0n) is 12.3. The summed E-state index contributed by atoms with van der Waals surface area (Å²) in [6, 6.07) is 3.67. The second-order valence-electron chi connectivity index (χ2n) is 6.03. The van der Waals surface area contributed by atoms with Gasteiger partial charge in [-0.2, -0.15) is 0 Å². The molecule has 0 N–H and O–H groups in total. The molecule has 6 heteroatoms. The van der Waals surface area contributed by atoms with Crippen molar-refractivity contribution in [2.45, 2.75) is 38.9 Å². The van der Waals surface area contributed by atoms with Crippen LogP contribution in [-0.4, -0.2) is 37.4 Å². The van der Waals surface area contributed by atoms with Crippen LogP contribution in [0.15, 0.2) is 12.1 Å². The molecule has 1 aliphatic heterocycles. The van der Waals surface area contributed by atoms with E-state index in [-0.39, 0.29) is 11.2 Å². The Labute approximate surface area is 120 Å². The SMILES string of the molecule is CN(C)c1nc(Cl)ccc1B1OC(C)(C)C(C)(C)O1. The maximum atomic E-state index is 6.05. The number of pyridine rings is 1. The van der Waals surface area contributed by atoms with Gasteiger partial charge in [-0.1, -0.05) is 17.7 Å². The van der Waals surface area contributed by atoms with Crippen molar-refractivity contribution in [1.82, 2.24) is 4.98 Å². The highest BCUT2D eigenvalue weighted by Gasteiger charge is 2.52. The van der Waals surface area contributed by atoms with Crippen LogP contribution in [-0.2, 0) is 9.31 Å². The van der Waals surface area contributed by atoms with Gasteiger partial charge in [0.1, 0.15) is 11.0 Å². The van der Waals surface area contributed by atoms with Crippen molar-refractivity contribution in [2.24, 2.45) is 0 Å². The fourth-order valence-corrected chi connectivity index (χ4v) is 2.09. The first-order chi connectivity index (χ1) is 8.64. The largest absolute Gasteiger partial charge is 0.498 e. The molecule has 0 amide bonds. The minimum absolute atomic E-state index is 0.360. The molecule has 0 atom stereocenters. The third-order valence-electron chi connectivity index (χ3n) is 3.80. The molecule has 0 spiro atoms. The Hall–Kier alpha value is -0.775. The second-order valence-corrected chi connectivity index (χ2v) is 6.42. The highest BCUT2D eigenvalue weighted by Crippen LogP contribution is 2.37. The smallest absolute Gasteiger partial charge is 0.399 e. The molecule has 4 nitrogen and oxygen atoms in total. The molecule has 0 unspecified atom stereocenters. The lowest BCUT2D eigenvalue weighted by molar-refractivity contribution is 0.00578. The topological polar surface area (TPSA) is 34.6 Å². The Morgan fingerprint density at radius 1 is 1.11 bits per heavy atom. The van der Waals surface area contributed by atoms with E-state index in [2.05, 4.69) is 4.98 Å². The number of anilines is 1. The fraction of sp³-hybridized carbons (Fsp3) is 0.615. The maximum absolute atomic E-state index is 6.05. The van der Waals surface area contributed by atoms with Gasteiger partial charge in [0.2, 0.25) is 0 Å². The van der Waals surface area contributed by atoms with Crippen LogP contribution in [0.5, 0.6) is 0 Å². The van der Waals surface area contributed by atoms with Gasteiger partial charge in [0.25, 0.3) is 0 Å². The third-order valence-corrected chi connectivity index (χ3v) is 4.01. The zero-order valence-corrected chi connectivity index (χ0v) is 13.1. The van der Waals surface area contributed by atoms with Gasteiger partial charge < -0.3 is 14.2 Å². The zero-order chi connectivity index (χ0) is 14.4. The molecule has 1 aromatic heterocycles. The van der Waals surface area contributed by atoms with Crippen molar-refractivity contribution < 1.29 is 9.31 Å². The average Bonchev–Trinajstić information content (AvgIpc) is 2.47. The molecule has 0 saturated carbocycles. The van der Waals surface area contributed by atoms with Crippen LogP contribution in [0, 0.1) is 0 Å². The highest BCUT2D eigenvalue weighted by atomic mass is 35.5. The minimum atomic E-state index is -0.424. The number of rotatable bonds is 2. The molecule has 104 valence electrons. The van der Waals surface area contributed by atoms with Crippen LogP contribution < -0.4 is 10.4 Å². The van der Waals surface area contributed by atoms with Gasteiger partial charge in [0.15, 0.2) is 0 Å². The van der Waals surface area contributed by atoms with Crippen molar-refractivity contribution in [3.63, 3.8) is 0 Å². The molecule has 1 saturated heterocycles. The minimum Gasteiger partial charge on any atom is -0.399 e. The molecule has 0 aromatic carbocycles. The summed E-state index contributed by atoms with van der Waals surface area (Å²) in [7, 11) is 3.42. The van der Waals surface area contributed by atoms with Gasteiger partial charge in [-0.3, -0.25) is 0 Å². The summed E-state index contributed by atoms with van der Waals surface area (Å²) >= 11 is 5.96. The fourth-order valence-electron chi connectivity index (χ4n) is 1.95. The number of nitrogens with zero attached hydrogens (tertiary/aromatic N) is 2. The first-order valence-electron chi connectivity index (χ1n) is 6.33. The van der Waals surface area contributed by atoms with E-state index in [1.165, 1.54) is 0 Å². The molecular weight excluding hydrogens is 262 g/mol. The molecule has 0 aliphatic carbocycles. The van der Waals surface area contributed by atoms with Crippen LogP contribution in [0.4, 0.5) is 5.82 Å². The summed E-state index contributed by atoms with van der Waals surface area (Å²) in [5.74, 6) is 0.769. The second kappa shape index (κ2) is 4.65. The monoisotopic (exact) mass is 282 g/mol. The normalized spacial score (nSPS) is 20.7. The lowest BCUT2D eigenvalue weighted by atomic mass is 9.79. The van der Waals surface area contributed by atoms with Crippen LogP contribution in [0.2, 0.25) is 5.15 Å². The molecule has 19 heavy (non-hydrogen) atoms. The Bertz CT molecular complexity index is 476. The quantitative estimate of drug-likeness (QED) is 0.615. The van der Waals surface area contributed by atoms with E-state index in [1.54, 1.807) is 6.07 Å². The van der Waals surface area contributed by atoms with E-state index in [0.29, 0.717) is 5.15 Å². The Balaban J connectivity index is 2.39. The predicted molar refractivity (Wildman–Crippen MR) is 79.3 cm³/mol. The van der Waals surface area contributed by atoms with Crippen molar-refractivity contribution in [1.29, 1.82) is 0 Å². The molecular formula is C13H20BClN2O2. The average molecular weight is 283 g/mol. The molecule has 2 rings (SSSR count). The van der Waals surface area contributed by atoms with Gasteiger partial charge in [-0.05, 0) is 33.8 Å². The van der Waals surface area contributed by atoms with E-state index >= 15 is 0 Å². The van der Waals surface area contributed by atoms with Crippen molar-refractivity contribution in [3.05, 3.63) is 17.3 Å². The lowest BCUT2D eigenvalue weighted by Gasteiger charge is -2.32. The lowest BCUT2D eigenvalue weighted by Crippen LogP contribution is -2.41. The predicted octanol–water partition coefficient (Wildman–Crippen LogP) is 2.10. The summed E-state index contributed by atoms with van der Waals surface area (Å²) in [6.07, 6.45) is 0. The molecule has 1 fully saturated rings. The Morgan fingerprint density at radius 3 is 2.11 bits per heavy atom. The van der Waals surface area contributed by atoms with Gasteiger partial charge in [-0.25, -0.2) is 4.98 Å². The van der Waals surface area contributed by atoms with Crippen molar-refractivity contribution in [2.75, 3.05) is 19.0 Å². The standard InChI is InChI=1S/C13H20BClN2O2/c1-12(2)13(3,4)19-14(18-12)9-7-8-10(15)16-11(9)17(5)6/h7-8H,1-6H3. The Morgan fingerprint density at radius 2 is 1.63 bits per heavy atom. The van der Waals surface area contributed by atoms with Crippen LogP contribution in [0.3, 0.4) is 0 Å². The van der Waals surface area contributed by atoms with Crippen molar-refractivity contribution >= 4 is 30.0 Å². The van der Waals surface area contributed by atoms with E-state index in [9.17, 15) is 0 Å². The summed E-state index contributed by atoms with van der Waals surface area (Å²) in [4.78, 5) is 6.25.